The molecule has 0 spiro atoms. The summed E-state index contributed by atoms with van der Waals surface area (Å²) in [4.78, 5) is 16.1. The molecule has 2 heterocycles. The zero-order chi connectivity index (χ0) is 17.5. The number of amides is 1. The molecule has 6 heteroatoms. The lowest BCUT2D eigenvalue weighted by Crippen LogP contribution is -2.47. The fourth-order valence-electron chi connectivity index (χ4n) is 3.22. The molecule has 0 saturated heterocycles. The van der Waals surface area contributed by atoms with E-state index in [1.165, 1.54) is 4.88 Å². The molecule has 0 saturated carbocycles. The van der Waals surface area contributed by atoms with Crippen molar-refractivity contribution in [3.63, 3.8) is 0 Å². The summed E-state index contributed by atoms with van der Waals surface area (Å²) >= 11 is 5.58. The van der Waals surface area contributed by atoms with Crippen molar-refractivity contribution in [1.82, 2.24) is 0 Å². The van der Waals surface area contributed by atoms with Gasteiger partial charge in [-0.3, -0.25) is 4.79 Å². The molecule has 24 heavy (non-hydrogen) atoms. The number of unbranched alkanes of at least 4 members (excludes halogenated alkanes) is 1. The number of rotatable bonds is 4. The second-order valence-corrected chi connectivity index (χ2v) is 9.25. The predicted molar refractivity (Wildman–Crippen MR) is 105 cm³/mol. The number of benzene rings is 1. The van der Waals surface area contributed by atoms with E-state index in [9.17, 15) is 4.79 Å². The Bertz CT molecular complexity index is 835. The summed E-state index contributed by atoms with van der Waals surface area (Å²) in [6.45, 7) is 6.32. The zero-order valence-electron chi connectivity index (χ0n) is 14.3. The van der Waals surface area contributed by atoms with E-state index >= 15 is 0 Å². The topological polar surface area (TPSA) is 29.5 Å². The maximum Gasteiger partial charge on any atom is 0.227 e. The number of hydrogen-bond acceptors (Lipinski definition) is 5. The molecule has 0 unspecified atom stereocenters. The second-order valence-electron chi connectivity index (χ2n) is 6.43. The average Bonchev–Trinajstić information content (AvgIpc) is 2.95. The number of hydrogen-bond donors (Lipinski definition) is 0. The van der Waals surface area contributed by atoms with E-state index < -0.39 is 5.54 Å². The van der Waals surface area contributed by atoms with Crippen molar-refractivity contribution < 1.29 is 9.53 Å². The molecule has 1 aromatic carbocycles. The van der Waals surface area contributed by atoms with E-state index in [1.807, 2.05) is 23.1 Å². The minimum atomic E-state index is -0.405. The van der Waals surface area contributed by atoms with Crippen molar-refractivity contribution in [2.75, 3.05) is 12.0 Å². The van der Waals surface area contributed by atoms with Crippen molar-refractivity contribution >= 4 is 44.5 Å². The van der Waals surface area contributed by atoms with E-state index in [0.717, 1.165) is 39.2 Å². The quantitative estimate of drug-likeness (QED) is 0.483. The molecule has 1 aromatic heterocycles. The normalized spacial score (nSPS) is 14.9. The van der Waals surface area contributed by atoms with Gasteiger partial charge in [0.25, 0.3) is 0 Å². The maximum absolute atomic E-state index is 13.0. The van der Waals surface area contributed by atoms with Crippen LogP contribution in [0.3, 0.4) is 0 Å². The Hall–Kier alpha value is -1.24. The Morgan fingerprint density at radius 3 is 2.75 bits per heavy atom. The van der Waals surface area contributed by atoms with Crippen LogP contribution in [0.25, 0.3) is 11.1 Å². The van der Waals surface area contributed by atoms with Crippen LogP contribution in [0.4, 0.5) is 5.69 Å². The fraction of sp³-hybridized carbons (Fsp3) is 0.444. The summed E-state index contributed by atoms with van der Waals surface area (Å²) in [6.07, 6.45) is 2.46. The van der Waals surface area contributed by atoms with Crippen molar-refractivity contribution in [2.24, 2.45) is 0 Å². The summed E-state index contributed by atoms with van der Waals surface area (Å²) in [5, 5.41) is 0. The van der Waals surface area contributed by atoms with Gasteiger partial charge in [-0.05, 0) is 32.4 Å². The summed E-state index contributed by atoms with van der Waals surface area (Å²) in [5.74, 6) is 0.914. The SMILES string of the molecule is CCCCC(=O)N1c2cc(OC)ccc2-c2c(ssc2=S)C1(C)C. The number of carbonyl (C=O) groups excluding carboxylic acids is 1. The van der Waals surface area contributed by atoms with E-state index in [4.69, 9.17) is 17.0 Å². The summed E-state index contributed by atoms with van der Waals surface area (Å²) < 4.78 is 6.30. The van der Waals surface area contributed by atoms with Crippen LogP contribution in [0.1, 0.15) is 44.9 Å². The first-order valence-electron chi connectivity index (χ1n) is 8.07. The number of anilines is 1. The lowest BCUT2D eigenvalue weighted by atomic mass is 9.87. The molecular weight excluding hydrogens is 358 g/mol. The Morgan fingerprint density at radius 2 is 2.08 bits per heavy atom. The molecule has 2 aromatic rings. The maximum atomic E-state index is 13.0. The molecule has 1 amide bonds. The number of carbonyl (C=O) groups is 1. The first kappa shape index (κ1) is 17.6. The van der Waals surface area contributed by atoms with Gasteiger partial charge in [0.2, 0.25) is 5.91 Å². The van der Waals surface area contributed by atoms with Crippen LogP contribution in [0.5, 0.6) is 5.75 Å². The van der Waals surface area contributed by atoms with Gasteiger partial charge in [-0.1, -0.05) is 46.2 Å². The van der Waals surface area contributed by atoms with E-state index in [2.05, 4.69) is 20.8 Å². The lowest BCUT2D eigenvalue weighted by Gasteiger charge is -2.43. The Morgan fingerprint density at radius 1 is 1.33 bits per heavy atom. The van der Waals surface area contributed by atoms with Crippen LogP contribution < -0.4 is 9.64 Å². The highest BCUT2D eigenvalue weighted by molar-refractivity contribution is 7.80. The number of ether oxygens (including phenoxy) is 1. The van der Waals surface area contributed by atoms with Gasteiger partial charge in [-0.2, -0.15) is 0 Å². The van der Waals surface area contributed by atoms with Gasteiger partial charge in [0.1, 0.15) is 9.57 Å². The van der Waals surface area contributed by atoms with Gasteiger partial charge in [0.05, 0.1) is 23.2 Å². The molecule has 0 atom stereocenters. The summed E-state index contributed by atoms with van der Waals surface area (Å²) in [6, 6.07) is 5.92. The Labute approximate surface area is 155 Å². The van der Waals surface area contributed by atoms with Gasteiger partial charge < -0.3 is 9.64 Å². The minimum Gasteiger partial charge on any atom is -0.497 e. The predicted octanol–water partition coefficient (Wildman–Crippen LogP) is 5.99. The first-order valence-corrected chi connectivity index (χ1v) is 10.6. The van der Waals surface area contributed by atoms with Gasteiger partial charge in [-0.15, -0.1) is 0 Å². The molecule has 3 rings (SSSR count). The molecule has 3 nitrogen and oxygen atoms in total. The third kappa shape index (κ3) is 2.70. The van der Waals surface area contributed by atoms with Crippen LogP contribution in [0.2, 0.25) is 0 Å². The number of methoxy groups -OCH3 is 1. The van der Waals surface area contributed by atoms with E-state index in [0.29, 0.717) is 6.42 Å². The fourth-order valence-corrected chi connectivity index (χ4v) is 6.50. The minimum absolute atomic E-state index is 0.159. The van der Waals surface area contributed by atoms with Crippen molar-refractivity contribution in [1.29, 1.82) is 0 Å². The molecule has 1 aliphatic heterocycles. The molecule has 0 N–H and O–H groups in total. The molecule has 1 aliphatic rings. The van der Waals surface area contributed by atoms with Crippen LogP contribution in [0.15, 0.2) is 18.2 Å². The van der Waals surface area contributed by atoms with Crippen molar-refractivity contribution in [2.45, 2.75) is 45.6 Å². The monoisotopic (exact) mass is 379 g/mol. The largest absolute Gasteiger partial charge is 0.497 e. The van der Waals surface area contributed by atoms with Crippen LogP contribution in [-0.2, 0) is 10.3 Å². The van der Waals surface area contributed by atoms with Crippen LogP contribution >= 0.6 is 32.9 Å². The lowest BCUT2D eigenvalue weighted by molar-refractivity contribution is -0.119. The molecule has 0 radical (unpaired) electrons. The average molecular weight is 380 g/mol. The number of nitrogens with zero attached hydrogens (tertiary/aromatic N) is 1. The van der Waals surface area contributed by atoms with Crippen molar-refractivity contribution in [3.8, 4) is 16.9 Å². The Kier molecular flexibility index (Phi) is 4.82. The van der Waals surface area contributed by atoms with Crippen molar-refractivity contribution in [3.05, 3.63) is 26.9 Å². The number of fused-ring (bicyclic) bond motifs is 3. The van der Waals surface area contributed by atoms with Gasteiger partial charge in [-0.25, -0.2) is 0 Å². The van der Waals surface area contributed by atoms with E-state index in [1.54, 1.807) is 27.8 Å². The van der Waals surface area contributed by atoms with Crippen LogP contribution in [0, 0.1) is 3.82 Å². The molecule has 0 aliphatic carbocycles. The Balaban J connectivity index is 2.24. The first-order chi connectivity index (χ1) is 11.4. The van der Waals surface area contributed by atoms with Crippen LogP contribution in [-0.4, -0.2) is 13.0 Å². The third-order valence-electron chi connectivity index (χ3n) is 4.46. The molecule has 0 fully saturated rings. The standard InChI is InChI=1S/C18H21NO2S3/c1-5-6-7-14(20)19-13-10-11(21-4)8-9-12(13)15-16(18(19,2)3)23-24-17(15)22/h8-10H,5-7H2,1-4H3. The van der Waals surface area contributed by atoms with E-state index in [-0.39, 0.29) is 5.91 Å². The highest BCUT2D eigenvalue weighted by Crippen LogP contribution is 2.52. The molecular formula is C18H21NO2S3. The third-order valence-corrected chi connectivity index (χ3v) is 7.79. The zero-order valence-corrected chi connectivity index (χ0v) is 16.8. The highest BCUT2D eigenvalue weighted by atomic mass is 32.9. The summed E-state index contributed by atoms with van der Waals surface area (Å²) in [5.41, 5.74) is 2.65. The van der Waals surface area contributed by atoms with Gasteiger partial charge >= 0.3 is 0 Å². The molecule has 0 bridgehead atoms. The summed E-state index contributed by atoms with van der Waals surface area (Å²) in [7, 11) is 4.95. The van der Waals surface area contributed by atoms with Gasteiger partial charge in [0, 0.05) is 23.6 Å². The van der Waals surface area contributed by atoms with Gasteiger partial charge in [0.15, 0.2) is 0 Å². The smallest absolute Gasteiger partial charge is 0.227 e. The highest BCUT2D eigenvalue weighted by Gasteiger charge is 2.42. The second kappa shape index (κ2) is 6.58. The molecule has 128 valence electrons.